The van der Waals surface area contributed by atoms with Crippen molar-refractivity contribution in [2.24, 2.45) is 17.8 Å². The summed E-state index contributed by atoms with van der Waals surface area (Å²) in [7, 11) is 2.32. The third kappa shape index (κ3) is 3.46. The van der Waals surface area contributed by atoms with Gasteiger partial charge in [0.1, 0.15) is 0 Å². The molecule has 0 saturated heterocycles. The minimum atomic E-state index is 1.04. The minimum absolute atomic E-state index is 1.04. The molecule has 94 valence electrons. The molecule has 2 rings (SSSR count). The number of hydrogen-bond acceptors (Lipinski definition) is 1. The predicted molar refractivity (Wildman–Crippen MR) is 74.1 cm³/mol. The third-order valence-corrected chi connectivity index (χ3v) is 5.16. The van der Waals surface area contributed by atoms with Gasteiger partial charge in [-0.3, -0.25) is 0 Å². The van der Waals surface area contributed by atoms with Crippen LogP contribution >= 0.6 is 15.9 Å². The van der Waals surface area contributed by atoms with Gasteiger partial charge in [0.05, 0.1) is 0 Å². The van der Waals surface area contributed by atoms with E-state index >= 15 is 0 Å². The van der Waals surface area contributed by atoms with Crippen LogP contribution in [0.1, 0.15) is 44.9 Å². The molecular formula is C14H26BrN. The molecule has 0 aromatic rings. The summed E-state index contributed by atoms with van der Waals surface area (Å²) < 4.78 is 0. The number of rotatable bonds is 7. The topological polar surface area (TPSA) is 3.24 Å². The Kier molecular flexibility index (Phi) is 5.15. The zero-order valence-electron chi connectivity index (χ0n) is 10.6. The fourth-order valence-electron chi connectivity index (χ4n) is 3.74. The van der Waals surface area contributed by atoms with Crippen molar-refractivity contribution in [2.45, 2.75) is 44.9 Å². The van der Waals surface area contributed by atoms with Gasteiger partial charge in [-0.05, 0) is 63.5 Å². The number of unbranched alkanes of at least 4 members (excludes halogenated alkanes) is 2. The standard InChI is InChI=1S/C14H26BrN/c1-16(8-4-2-3-7-15)11-14-10-12-5-6-13(14)9-12/h12-14H,2-11H2,1H3. The highest BCUT2D eigenvalue weighted by Gasteiger charge is 2.39. The Morgan fingerprint density at radius 1 is 1.12 bits per heavy atom. The molecule has 16 heavy (non-hydrogen) atoms. The maximum atomic E-state index is 3.50. The highest BCUT2D eigenvalue weighted by molar-refractivity contribution is 9.09. The second-order valence-electron chi connectivity index (χ2n) is 5.95. The Morgan fingerprint density at radius 2 is 2.00 bits per heavy atom. The van der Waals surface area contributed by atoms with Gasteiger partial charge in [-0.25, -0.2) is 0 Å². The van der Waals surface area contributed by atoms with Gasteiger partial charge in [0.15, 0.2) is 0 Å². The summed E-state index contributed by atoms with van der Waals surface area (Å²) in [5, 5.41) is 1.17. The molecule has 0 aromatic heterocycles. The summed E-state index contributed by atoms with van der Waals surface area (Å²) in [6.07, 6.45) is 10.3. The van der Waals surface area contributed by atoms with Crippen molar-refractivity contribution in [1.82, 2.24) is 4.90 Å². The molecule has 3 atom stereocenters. The van der Waals surface area contributed by atoms with Crippen molar-refractivity contribution in [3.8, 4) is 0 Å². The number of nitrogens with zero attached hydrogens (tertiary/aromatic N) is 1. The molecule has 2 heteroatoms. The van der Waals surface area contributed by atoms with Crippen LogP contribution in [-0.4, -0.2) is 30.4 Å². The molecule has 3 unspecified atom stereocenters. The molecule has 2 saturated carbocycles. The van der Waals surface area contributed by atoms with Crippen molar-refractivity contribution in [2.75, 3.05) is 25.5 Å². The van der Waals surface area contributed by atoms with E-state index in [1.807, 2.05) is 0 Å². The molecule has 1 nitrogen and oxygen atoms in total. The van der Waals surface area contributed by atoms with Gasteiger partial charge < -0.3 is 4.90 Å². The number of hydrogen-bond donors (Lipinski definition) is 0. The maximum Gasteiger partial charge on any atom is 0.00313 e. The molecule has 0 aromatic carbocycles. The molecule has 2 fully saturated rings. The average Bonchev–Trinajstić information content (AvgIpc) is 2.86. The Bertz CT molecular complexity index is 207. The Hall–Kier alpha value is 0.440. The zero-order valence-corrected chi connectivity index (χ0v) is 12.2. The monoisotopic (exact) mass is 287 g/mol. The fraction of sp³-hybridized carbons (Fsp3) is 1.00. The van der Waals surface area contributed by atoms with Crippen LogP contribution in [0.3, 0.4) is 0 Å². The van der Waals surface area contributed by atoms with Crippen molar-refractivity contribution >= 4 is 15.9 Å². The molecule has 2 aliphatic rings. The summed E-state index contributed by atoms with van der Waals surface area (Å²) in [6, 6.07) is 0. The molecule has 0 spiro atoms. The molecule has 0 heterocycles. The lowest BCUT2D eigenvalue weighted by Crippen LogP contribution is -2.29. The van der Waals surface area contributed by atoms with Gasteiger partial charge in [-0.2, -0.15) is 0 Å². The first kappa shape index (κ1) is 12.9. The quantitative estimate of drug-likeness (QED) is 0.507. The lowest BCUT2D eigenvalue weighted by Gasteiger charge is -2.27. The predicted octanol–water partition coefficient (Wildman–Crippen LogP) is 3.92. The molecule has 2 aliphatic carbocycles. The highest BCUT2D eigenvalue weighted by atomic mass is 79.9. The van der Waals surface area contributed by atoms with Gasteiger partial charge in [-0.15, -0.1) is 0 Å². The third-order valence-electron chi connectivity index (χ3n) is 4.60. The van der Waals surface area contributed by atoms with Crippen LogP contribution in [0.4, 0.5) is 0 Å². The average molecular weight is 288 g/mol. The summed E-state index contributed by atoms with van der Waals surface area (Å²) in [4.78, 5) is 2.58. The number of halogens is 1. The van der Waals surface area contributed by atoms with Crippen LogP contribution in [-0.2, 0) is 0 Å². The lowest BCUT2D eigenvalue weighted by molar-refractivity contribution is 0.217. The van der Waals surface area contributed by atoms with Crippen LogP contribution in [0.5, 0.6) is 0 Å². The Morgan fingerprint density at radius 3 is 2.62 bits per heavy atom. The second kappa shape index (κ2) is 6.39. The van der Waals surface area contributed by atoms with Gasteiger partial charge >= 0.3 is 0 Å². The van der Waals surface area contributed by atoms with E-state index in [0.717, 1.165) is 17.8 Å². The first-order chi connectivity index (χ1) is 7.79. The largest absolute Gasteiger partial charge is 0.306 e. The molecule has 2 bridgehead atoms. The lowest BCUT2D eigenvalue weighted by atomic mass is 9.88. The van der Waals surface area contributed by atoms with Gasteiger partial charge in [-0.1, -0.05) is 28.8 Å². The number of fused-ring (bicyclic) bond motifs is 2. The Labute approximate surface area is 109 Å². The van der Waals surface area contributed by atoms with Crippen LogP contribution in [0.25, 0.3) is 0 Å². The Balaban J connectivity index is 1.58. The van der Waals surface area contributed by atoms with Crippen molar-refractivity contribution in [3.05, 3.63) is 0 Å². The second-order valence-corrected chi connectivity index (χ2v) is 6.74. The van der Waals surface area contributed by atoms with E-state index in [2.05, 4.69) is 27.9 Å². The van der Waals surface area contributed by atoms with E-state index in [4.69, 9.17) is 0 Å². The van der Waals surface area contributed by atoms with Crippen LogP contribution in [0, 0.1) is 17.8 Å². The molecular weight excluding hydrogens is 262 g/mol. The van der Waals surface area contributed by atoms with Crippen molar-refractivity contribution in [3.63, 3.8) is 0 Å². The van der Waals surface area contributed by atoms with E-state index in [1.165, 1.54) is 56.9 Å². The summed E-state index contributed by atoms with van der Waals surface area (Å²) in [5.41, 5.74) is 0. The van der Waals surface area contributed by atoms with Crippen LogP contribution < -0.4 is 0 Å². The van der Waals surface area contributed by atoms with Crippen molar-refractivity contribution in [1.29, 1.82) is 0 Å². The summed E-state index contributed by atoms with van der Waals surface area (Å²) in [5.74, 6) is 3.24. The van der Waals surface area contributed by atoms with Crippen LogP contribution in [0.2, 0.25) is 0 Å². The molecule has 0 aliphatic heterocycles. The fourth-order valence-corrected chi connectivity index (χ4v) is 4.14. The normalized spacial score (nSPS) is 32.8. The van der Waals surface area contributed by atoms with Gasteiger partial charge in [0.25, 0.3) is 0 Å². The maximum absolute atomic E-state index is 3.50. The van der Waals surface area contributed by atoms with Gasteiger partial charge in [0, 0.05) is 11.9 Å². The molecule has 0 N–H and O–H groups in total. The van der Waals surface area contributed by atoms with Gasteiger partial charge in [0.2, 0.25) is 0 Å². The first-order valence-corrected chi connectivity index (χ1v) is 8.16. The van der Waals surface area contributed by atoms with Crippen LogP contribution in [0.15, 0.2) is 0 Å². The van der Waals surface area contributed by atoms with E-state index < -0.39 is 0 Å². The highest BCUT2D eigenvalue weighted by Crippen LogP contribution is 2.48. The van der Waals surface area contributed by atoms with E-state index in [0.29, 0.717) is 0 Å². The SMILES string of the molecule is CN(CCCCCBr)CC1CC2CCC1C2. The smallest absolute Gasteiger partial charge is 0.00313 e. The minimum Gasteiger partial charge on any atom is -0.306 e. The first-order valence-electron chi connectivity index (χ1n) is 7.04. The van der Waals surface area contributed by atoms with E-state index in [1.54, 1.807) is 6.42 Å². The zero-order chi connectivity index (χ0) is 11.4. The number of alkyl halides is 1. The van der Waals surface area contributed by atoms with E-state index in [9.17, 15) is 0 Å². The van der Waals surface area contributed by atoms with Crippen molar-refractivity contribution < 1.29 is 0 Å². The van der Waals surface area contributed by atoms with E-state index in [-0.39, 0.29) is 0 Å². The summed E-state index contributed by atoms with van der Waals surface area (Å²) in [6.45, 7) is 2.68. The molecule has 0 amide bonds. The molecule has 0 radical (unpaired) electrons. The summed E-state index contributed by atoms with van der Waals surface area (Å²) >= 11 is 3.50.